The van der Waals surface area contributed by atoms with Crippen molar-refractivity contribution >= 4 is 11.6 Å². The Morgan fingerprint density at radius 3 is 2.50 bits per heavy atom. The Bertz CT molecular complexity index is 976. The van der Waals surface area contributed by atoms with Crippen LogP contribution in [0.2, 0.25) is 5.02 Å². The number of para-hydroxylation sites is 1. The van der Waals surface area contributed by atoms with Gasteiger partial charge in [-0.1, -0.05) is 40.2 Å². The van der Waals surface area contributed by atoms with E-state index in [1.54, 1.807) is 16.8 Å². The molecule has 0 atom stereocenters. The lowest BCUT2D eigenvalue weighted by Gasteiger charge is -2.01. The minimum absolute atomic E-state index is 0.333. The van der Waals surface area contributed by atoms with Crippen molar-refractivity contribution in [3.05, 3.63) is 65.3 Å². The molecule has 0 aliphatic rings. The zero-order valence-electron chi connectivity index (χ0n) is 12.7. The summed E-state index contributed by atoms with van der Waals surface area (Å²) in [6.45, 7) is 1.91. The van der Waals surface area contributed by atoms with Crippen LogP contribution in [0.5, 0.6) is 0 Å². The average Bonchev–Trinajstić information content (AvgIpc) is 3.23. The van der Waals surface area contributed by atoms with Gasteiger partial charge in [0, 0.05) is 10.6 Å². The van der Waals surface area contributed by atoms with Gasteiger partial charge in [-0.05, 0) is 43.3 Å². The Morgan fingerprint density at radius 2 is 1.75 bits per heavy atom. The monoisotopic (exact) mass is 337 g/mol. The lowest BCUT2D eigenvalue weighted by Crippen LogP contribution is -1.98. The quantitative estimate of drug-likeness (QED) is 0.566. The van der Waals surface area contributed by atoms with Crippen molar-refractivity contribution in [3.63, 3.8) is 0 Å². The summed E-state index contributed by atoms with van der Waals surface area (Å²) in [6, 6.07) is 17.0. The summed E-state index contributed by atoms with van der Waals surface area (Å²) in [6.07, 6.45) is 0. The van der Waals surface area contributed by atoms with E-state index in [2.05, 4.69) is 20.5 Å². The predicted molar refractivity (Wildman–Crippen MR) is 89.8 cm³/mol. The Hall–Kier alpha value is -2.99. The van der Waals surface area contributed by atoms with Crippen LogP contribution in [-0.4, -0.2) is 25.1 Å². The van der Waals surface area contributed by atoms with Gasteiger partial charge in [0.05, 0.1) is 11.4 Å². The molecule has 0 spiro atoms. The Kier molecular flexibility index (Phi) is 3.59. The van der Waals surface area contributed by atoms with Gasteiger partial charge in [0.15, 0.2) is 5.69 Å². The fourth-order valence-corrected chi connectivity index (χ4v) is 2.50. The summed E-state index contributed by atoms with van der Waals surface area (Å²) in [5.41, 5.74) is 3.13. The number of hydrogen-bond donors (Lipinski definition) is 0. The lowest BCUT2D eigenvalue weighted by atomic mass is 10.2. The molecule has 2 aromatic heterocycles. The summed E-state index contributed by atoms with van der Waals surface area (Å²) in [5, 5.41) is 13.0. The lowest BCUT2D eigenvalue weighted by molar-refractivity contribution is 0.430. The van der Waals surface area contributed by atoms with Gasteiger partial charge in [-0.15, -0.1) is 5.10 Å². The SMILES string of the molecule is Cc1c(-c2nc(-c3ccc(Cl)cc3)no2)nnn1-c1ccccc1. The van der Waals surface area contributed by atoms with Crippen LogP contribution in [0.3, 0.4) is 0 Å². The second-order valence-electron chi connectivity index (χ2n) is 5.20. The molecular weight excluding hydrogens is 326 g/mol. The number of halogens is 1. The van der Waals surface area contributed by atoms with Gasteiger partial charge < -0.3 is 4.52 Å². The van der Waals surface area contributed by atoms with Crippen molar-refractivity contribution < 1.29 is 4.52 Å². The van der Waals surface area contributed by atoms with Crippen LogP contribution >= 0.6 is 11.6 Å². The van der Waals surface area contributed by atoms with E-state index in [4.69, 9.17) is 16.1 Å². The second kappa shape index (κ2) is 5.90. The summed E-state index contributed by atoms with van der Waals surface area (Å²) < 4.78 is 7.09. The minimum atomic E-state index is 0.333. The van der Waals surface area contributed by atoms with E-state index in [9.17, 15) is 0 Å². The van der Waals surface area contributed by atoms with Crippen molar-refractivity contribution in [2.24, 2.45) is 0 Å². The molecule has 0 radical (unpaired) electrons. The number of aromatic nitrogens is 5. The molecule has 118 valence electrons. The van der Waals surface area contributed by atoms with Crippen molar-refractivity contribution in [3.8, 4) is 28.7 Å². The van der Waals surface area contributed by atoms with Gasteiger partial charge in [-0.3, -0.25) is 0 Å². The van der Waals surface area contributed by atoms with Crippen molar-refractivity contribution in [2.75, 3.05) is 0 Å². The largest absolute Gasteiger partial charge is 0.332 e. The summed E-state index contributed by atoms with van der Waals surface area (Å²) in [7, 11) is 0. The highest BCUT2D eigenvalue weighted by molar-refractivity contribution is 6.30. The molecule has 0 N–H and O–H groups in total. The third-order valence-electron chi connectivity index (χ3n) is 3.63. The van der Waals surface area contributed by atoms with Gasteiger partial charge in [0.1, 0.15) is 0 Å². The molecule has 0 fully saturated rings. The molecule has 0 aliphatic carbocycles. The predicted octanol–water partition coefficient (Wildman–Crippen LogP) is 3.95. The molecule has 4 rings (SSSR count). The molecule has 0 saturated carbocycles. The van der Waals surface area contributed by atoms with Crippen LogP contribution in [0.4, 0.5) is 0 Å². The van der Waals surface area contributed by atoms with Crippen LogP contribution in [-0.2, 0) is 0 Å². The minimum Gasteiger partial charge on any atom is -0.332 e. The zero-order valence-corrected chi connectivity index (χ0v) is 13.5. The maximum atomic E-state index is 5.90. The third kappa shape index (κ3) is 2.57. The fourth-order valence-electron chi connectivity index (χ4n) is 2.38. The molecule has 4 aromatic rings. The average molecular weight is 338 g/mol. The van der Waals surface area contributed by atoms with Gasteiger partial charge in [0.25, 0.3) is 5.89 Å². The van der Waals surface area contributed by atoms with Gasteiger partial charge in [-0.2, -0.15) is 4.98 Å². The van der Waals surface area contributed by atoms with Crippen LogP contribution in [0, 0.1) is 6.92 Å². The van der Waals surface area contributed by atoms with E-state index in [0.717, 1.165) is 16.9 Å². The first-order chi connectivity index (χ1) is 11.7. The Balaban J connectivity index is 1.71. The maximum absolute atomic E-state index is 5.90. The normalized spacial score (nSPS) is 10.9. The van der Waals surface area contributed by atoms with Gasteiger partial charge in [0.2, 0.25) is 5.82 Å². The standard InChI is InChI=1S/C17H12ClN5O/c1-11-15(20-22-23(11)14-5-3-2-4-6-14)17-19-16(21-24-17)12-7-9-13(18)10-8-12/h2-10H,1H3. The molecule has 6 nitrogen and oxygen atoms in total. The van der Waals surface area contributed by atoms with Gasteiger partial charge in [-0.25, -0.2) is 4.68 Å². The molecule has 2 aromatic carbocycles. The first-order valence-electron chi connectivity index (χ1n) is 7.30. The van der Waals surface area contributed by atoms with E-state index >= 15 is 0 Å². The van der Waals surface area contributed by atoms with Crippen molar-refractivity contribution in [1.82, 2.24) is 25.1 Å². The smallest absolute Gasteiger partial charge is 0.280 e. The molecule has 24 heavy (non-hydrogen) atoms. The van der Waals surface area contributed by atoms with Crippen LogP contribution in [0.15, 0.2) is 59.1 Å². The number of nitrogens with zero attached hydrogens (tertiary/aromatic N) is 5. The second-order valence-corrected chi connectivity index (χ2v) is 5.64. The molecule has 0 aliphatic heterocycles. The number of hydrogen-bond acceptors (Lipinski definition) is 5. The molecule has 0 bridgehead atoms. The molecule has 0 amide bonds. The zero-order chi connectivity index (χ0) is 16.5. The number of benzene rings is 2. The molecule has 2 heterocycles. The van der Waals surface area contributed by atoms with E-state index in [1.165, 1.54) is 0 Å². The maximum Gasteiger partial charge on any atom is 0.280 e. The molecular formula is C17H12ClN5O. The number of rotatable bonds is 3. The van der Waals surface area contributed by atoms with Gasteiger partial charge >= 0.3 is 0 Å². The highest BCUT2D eigenvalue weighted by Gasteiger charge is 2.18. The fraction of sp³-hybridized carbons (Fsp3) is 0.0588. The van der Waals surface area contributed by atoms with E-state index in [-0.39, 0.29) is 0 Å². The van der Waals surface area contributed by atoms with Crippen LogP contribution in [0.25, 0.3) is 28.7 Å². The highest BCUT2D eigenvalue weighted by Crippen LogP contribution is 2.25. The van der Waals surface area contributed by atoms with Crippen molar-refractivity contribution in [2.45, 2.75) is 6.92 Å². The Morgan fingerprint density at radius 1 is 1.00 bits per heavy atom. The van der Waals surface area contributed by atoms with Crippen LogP contribution in [0.1, 0.15) is 5.69 Å². The highest BCUT2D eigenvalue weighted by atomic mass is 35.5. The molecule has 7 heteroatoms. The summed E-state index contributed by atoms with van der Waals surface area (Å²) in [4.78, 5) is 4.41. The molecule has 0 saturated heterocycles. The van der Waals surface area contributed by atoms with E-state index < -0.39 is 0 Å². The van der Waals surface area contributed by atoms with Crippen molar-refractivity contribution in [1.29, 1.82) is 0 Å². The Labute approximate surface area is 142 Å². The summed E-state index contributed by atoms with van der Waals surface area (Å²) in [5.74, 6) is 0.815. The summed E-state index contributed by atoms with van der Waals surface area (Å²) >= 11 is 5.90. The van der Waals surface area contributed by atoms with E-state index in [0.29, 0.717) is 22.4 Å². The topological polar surface area (TPSA) is 69.6 Å². The van der Waals surface area contributed by atoms with E-state index in [1.807, 2.05) is 49.4 Å². The third-order valence-corrected chi connectivity index (χ3v) is 3.88. The first kappa shape index (κ1) is 14.6. The molecule has 0 unspecified atom stereocenters. The first-order valence-corrected chi connectivity index (χ1v) is 7.68. The van der Waals surface area contributed by atoms with Crippen LogP contribution < -0.4 is 0 Å².